The molecular formula is C51H32N4O. The van der Waals surface area contributed by atoms with E-state index in [4.69, 9.17) is 19.4 Å². The minimum absolute atomic E-state index is 0.568. The van der Waals surface area contributed by atoms with Gasteiger partial charge >= 0.3 is 0 Å². The van der Waals surface area contributed by atoms with E-state index in [0.717, 1.165) is 71.6 Å². The van der Waals surface area contributed by atoms with Gasteiger partial charge in [-0.3, -0.25) is 4.57 Å². The maximum absolute atomic E-state index is 6.42. The molecule has 0 amide bonds. The van der Waals surface area contributed by atoms with Gasteiger partial charge in [0.2, 0.25) is 5.95 Å². The predicted molar refractivity (Wildman–Crippen MR) is 229 cm³/mol. The maximum Gasteiger partial charge on any atom is 0.238 e. The van der Waals surface area contributed by atoms with Gasteiger partial charge in [-0.2, -0.15) is 9.97 Å². The van der Waals surface area contributed by atoms with Gasteiger partial charge in [-0.25, -0.2) is 4.98 Å². The number of fused-ring (bicyclic) bond motifs is 6. The number of aromatic nitrogens is 4. The summed E-state index contributed by atoms with van der Waals surface area (Å²) in [6, 6.07) is 67.5. The summed E-state index contributed by atoms with van der Waals surface area (Å²) < 4.78 is 8.59. The first-order chi connectivity index (χ1) is 27.7. The minimum Gasteiger partial charge on any atom is -0.456 e. The van der Waals surface area contributed by atoms with Crippen molar-refractivity contribution in [3.05, 3.63) is 194 Å². The third-order valence-electron chi connectivity index (χ3n) is 10.7. The molecule has 0 fully saturated rings. The molecule has 262 valence electrons. The molecule has 0 radical (unpaired) electrons. The molecule has 0 aliphatic heterocycles. The lowest BCUT2D eigenvalue weighted by atomic mass is 10.00. The van der Waals surface area contributed by atoms with Crippen LogP contribution >= 0.6 is 0 Å². The van der Waals surface area contributed by atoms with Crippen molar-refractivity contribution in [2.75, 3.05) is 0 Å². The Balaban J connectivity index is 1.04. The Hall–Kier alpha value is -7.63. The summed E-state index contributed by atoms with van der Waals surface area (Å²) >= 11 is 0. The maximum atomic E-state index is 6.42. The van der Waals surface area contributed by atoms with E-state index in [2.05, 4.69) is 156 Å². The lowest BCUT2D eigenvalue weighted by Crippen LogP contribution is -2.06. The van der Waals surface area contributed by atoms with E-state index >= 15 is 0 Å². The van der Waals surface area contributed by atoms with Crippen molar-refractivity contribution in [2.24, 2.45) is 0 Å². The Morgan fingerprint density at radius 3 is 1.52 bits per heavy atom. The fourth-order valence-corrected chi connectivity index (χ4v) is 7.89. The summed E-state index contributed by atoms with van der Waals surface area (Å²) in [5, 5.41) is 4.46. The number of hydrogen-bond donors (Lipinski definition) is 0. The van der Waals surface area contributed by atoms with Gasteiger partial charge in [0.1, 0.15) is 11.2 Å². The molecule has 0 atom stereocenters. The molecular weight excluding hydrogens is 685 g/mol. The fourth-order valence-electron chi connectivity index (χ4n) is 7.89. The number of nitrogens with zero attached hydrogens (tertiary/aromatic N) is 4. The quantitative estimate of drug-likeness (QED) is 0.172. The molecule has 0 aliphatic rings. The van der Waals surface area contributed by atoms with Gasteiger partial charge in [-0.15, -0.1) is 0 Å². The van der Waals surface area contributed by atoms with E-state index in [1.165, 1.54) is 16.7 Å². The standard InChI is InChI=1S/C51H32N4O/c1-4-12-33(13-5-1)35-20-22-37(23-21-35)50-52-49(36-16-8-3-9-17-36)53-51(54-50)55-45-19-11-10-18-41(45)43-30-39(25-28-46(43)55)40-24-27-42-44-31-38(34-14-6-2-7-15-34)26-29-47(44)56-48(42)32-40/h1-32H. The second-order valence-corrected chi connectivity index (χ2v) is 14.1. The predicted octanol–water partition coefficient (Wildman–Crippen LogP) is 13.2. The molecule has 5 nitrogen and oxygen atoms in total. The molecule has 8 aromatic carbocycles. The highest BCUT2D eigenvalue weighted by atomic mass is 16.3. The highest BCUT2D eigenvalue weighted by molar-refractivity contribution is 6.11. The van der Waals surface area contributed by atoms with Crippen LogP contribution in [0.15, 0.2) is 199 Å². The van der Waals surface area contributed by atoms with E-state index in [1.807, 2.05) is 42.5 Å². The van der Waals surface area contributed by atoms with Crippen LogP contribution in [0.5, 0.6) is 0 Å². The van der Waals surface area contributed by atoms with Crippen molar-refractivity contribution in [3.63, 3.8) is 0 Å². The highest BCUT2D eigenvalue weighted by Gasteiger charge is 2.19. The largest absolute Gasteiger partial charge is 0.456 e. The molecule has 0 saturated carbocycles. The van der Waals surface area contributed by atoms with Gasteiger partial charge in [0.25, 0.3) is 0 Å². The Morgan fingerprint density at radius 1 is 0.304 bits per heavy atom. The third-order valence-corrected chi connectivity index (χ3v) is 10.7. The lowest BCUT2D eigenvalue weighted by Gasteiger charge is -2.11. The normalized spacial score (nSPS) is 11.6. The second-order valence-electron chi connectivity index (χ2n) is 14.1. The molecule has 0 N–H and O–H groups in total. The first kappa shape index (κ1) is 31.9. The van der Waals surface area contributed by atoms with Crippen molar-refractivity contribution in [3.8, 4) is 62.1 Å². The zero-order valence-electron chi connectivity index (χ0n) is 30.2. The van der Waals surface area contributed by atoms with Crippen LogP contribution < -0.4 is 0 Å². The molecule has 3 heterocycles. The second kappa shape index (κ2) is 13.0. The average Bonchev–Trinajstić information content (AvgIpc) is 3.82. The number of benzene rings is 8. The van der Waals surface area contributed by atoms with Gasteiger partial charge in [0.15, 0.2) is 11.6 Å². The minimum atomic E-state index is 0.568. The molecule has 0 aliphatic carbocycles. The van der Waals surface area contributed by atoms with Gasteiger partial charge in [0, 0.05) is 32.7 Å². The van der Waals surface area contributed by atoms with Crippen LogP contribution in [0, 0.1) is 0 Å². The van der Waals surface area contributed by atoms with Crippen LogP contribution in [0.4, 0.5) is 0 Å². The van der Waals surface area contributed by atoms with Crippen molar-refractivity contribution in [1.29, 1.82) is 0 Å². The SMILES string of the molecule is c1ccc(-c2ccc(-c3nc(-c4ccccc4)nc(-n4c5ccccc5c5cc(-c6ccc7c(c6)oc6ccc(-c8ccccc8)cc67)ccc54)n3)cc2)cc1. The molecule has 0 saturated heterocycles. The molecule has 5 heteroatoms. The monoisotopic (exact) mass is 716 g/mol. The third kappa shape index (κ3) is 5.45. The van der Waals surface area contributed by atoms with Crippen LogP contribution in [0.25, 0.3) is 106 Å². The first-order valence-corrected chi connectivity index (χ1v) is 18.8. The van der Waals surface area contributed by atoms with Crippen molar-refractivity contribution in [1.82, 2.24) is 19.5 Å². The first-order valence-electron chi connectivity index (χ1n) is 18.8. The Bertz CT molecular complexity index is 3220. The summed E-state index contributed by atoms with van der Waals surface area (Å²) in [6.07, 6.45) is 0. The van der Waals surface area contributed by atoms with E-state index < -0.39 is 0 Å². The zero-order chi connectivity index (χ0) is 37.0. The topological polar surface area (TPSA) is 56.7 Å². The van der Waals surface area contributed by atoms with Gasteiger partial charge < -0.3 is 4.42 Å². The van der Waals surface area contributed by atoms with Crippen LogP contribution in [-0.4, -0.2) is 19.5 Å². The molecule has 56 heavy (non-hydrogen) atoms. The molecule has 3 aromatic heterocycles. The number of furan rings is 1. The zero-order valence-corrected chi connectivity index (χ0v) is 30.2. The van der Waals surface area contributed by atoms with E-state index in [-0.39, 0.29) is 0 Å². The van der Waals surface area contributed by atoms with Gasteiger partial charge in [-0.1, -0.05) is 152 Å². The Kier molecular flexibility index (Phi) is 7.42. The molecule has 0 spiro atoms. The summed E-state index contributed by atoms with van der Waals surface area (Å²) in [4.78, 5) is 15.3. The van der Waals surface area contributed by atoms with Gasteiger partial charge in [0.05, 0.1) is 11.0 Å². The summed E-state index contributed by atoms with van der Waals surface area (Å²) in [5.41, 5.74) is 12.5. The number of hydrogen-bond acceptors (Lipinski definition) is 4. The lowest BCUT2D eigenvalue weighted by molar-refractivity contribution is 0.669. The highest BCUT2D eigenvalue weighted by Crippen LogP contribution is 2.38. The van der Waals surface area contributed by atoms with E-state index in [9.17, 15) is 0 Å². The van der Waals surface area contributed by atoms with Gasteiger partial charge in [-0.05, 0) is 75.8 Å². The molecule has 11 aromatic rings. The van der Waals surface area contributed by atoms with Crippen molar-refractivity contribution >= 4 is 43.7 Å². The van der Waals surface area contributed by atoms with E-state index in [0.29, 0.717) is 17.6 Å². The number of para-hydroxylation sites is 1. The van der Waals surface area contributed by atoms with Crippen LogP contribution in [0.1, 0.15) is 0 Å². The van der Waals surface area contributed by atoms with Crippen molar-refractivity contribution in [2.45, 2.75) is 0 Å². The summed E-state index contributed by atoms with van der Waals surface area (Å²) in [6.45, 7) is 0. The molecule has 11 rings (SSSR count). The van der Waals surface area contributed by atoms with Crippen LogP contribution in [0.2, 0.25) is 0 Å². The van der Waals surface area contributed by atoms with Crippen LogP contribution in [0.3, 0.4) is 0 Å². The van der Waals surface area contributed by atoms with Crippen LogP contribution in [-0.2, 0) is 0 Å². The molecule has 0 unspecified atom stereocenters. The Labute approximate surface area is 322 Å². The van der Waals surface area contributed by atoms with E-state index in [1.54, 1.807) is 0 Å². The summed E-state index contributed by atoms with van der Waals surface area (Å²) in [7, 11) is 0. The molecule has 0 bridgehead atoms. The number of rotatable bonds is 6. The Morgan fingerprint density at radius 2 is 0.786 bits per heavy atom. The average molecular weight is 717 g/mol. The smallest absolute Gasteiger partial charge is 0.238 e. The fraction of sp³-hybridized carbons (Fsp3) is 0. The van der Waals surface area contributed by atoms with Crippen molar-refractivity contribution < 1.29 is 4.42 Å². The summed E-state index contributed by atoms with van der Waals surface area (Å²) in [5.74, 6) is 1.81.